The van der Waals surface area contributed by atoms with Crippen molar-refractivity contribution in [3.8, 4) is 5.75 Å². The van der Waals surface area contributed by atoms with Crippen molar-refractivity contribution >= 4 is 5.91 Å². The van der Waals surface area contributed by atoms with Crippen LogP contribution in [0.1, 0.15) is 28.7 Å². The molecule has 1 heterocycles. The van der Waals surface area contributed by atoms with E-state index in [9.17, 15) is 4.79 Å². The molecule has 0 aliphatic rings. The predicted molar refractivity (Wildman–Crippen MR) is 76.7 cm³/mol. The lowest BCUT2D eigenvalue weighted by Gasteiger charge is -2.09. The van der Waals surface area contributed by atoms with Gasteiger partial charge in [0.1, 0.15) is 5.75 Å². The topological polar surface area (TPSA) is 56.1 Å². The van der Waals surface area contributed by atoms with Gasteiger partial charge in [0.15, 0.2) is 0 Å². The van der Waals surface area contributed by atoms with Gasteiger partial charge in [-0.15, -0.1) is 0 Å². The summed E-state index contributed by atoms with van der Waals surface area (Å²) < 4.78 is 7.24. The molecule has 0 aliphatic heterocycles. The average Bonchev–Trinajstić information content (AvgIpc) is 2.76. The number of hydrogen-bond acceptors (Lipinski definition) is 3. The van der Waals surface area contributed by atoms with E-state index in [-0.39, 0.29) is 5.91 Å². The minimum absolute atomic E-state index is 0.155. The Morgan fingerprint density at radius 3 is 2.80 bits per heavy atom. The number of ether oxygens (including phenoxy) is 1. The van der Waals surface area contributed by atoms with Gasteiger partial charge in [-0.25, -0.2) is 0 Å². The van der Waals surface area contributed by atoms with E-state index in [1.54, 1.807) is 16.8 Å². The minimum Gasteiger partial charge on any atom is -0.493 e. The van der Waals surface area contributed by atoms with E-state index in [0.29, 0.717) is 24.5 Å². The van der Waals surface area contributed by atoms with Gasteiger partial charge in [0.05, 0.1) is 24.4 Å². The summed E-state index contributed by atoms with van der Waals surface area (Å²) in [6.45, 7) is 4.80. The molecule has 2 rings (SSSR count). The lowest BCUT2D eigenvalue weighted by atomic mass is 10.2. The Hall–Kier alpha value is -2.30. The van der Waals surface area contributed by atoms with Crippen molar-refractivity contribution in [3.05, 3.63) is 47.3 Å². The molecular formula is C15H19N3O2. The molecular weight excluding hydrogens is 254 g/mol. The zero-order valence-corrected chi connectivity index (χ0v) is 12.0. The highest BCUT2D eigenvalue weighted by Crippen LogP contribution is 2.17. The molecule has 0 bridgehead atoms. The molecule has 0 spiro atoms. The van der Waals surface area contributed by atoms with E-state index >= 15 is 0 Å². The third kappa shape index (κ3) is 3.17. The molecule has 1 aromatic heterocycles. The zero-order chi connectivity index (χ0) is 14.5. The van der Waals surface area contributed by atoms with Crippen LogP contribution in [0, 0.1) is 6.92 Å². The third-order valence-corrected chi connectivity index (χ3v) is 3.03. The first-order chi connectivity index (χ1) is 9.61. The lowest BCUT2D eigenvalue weighted by Crippen LogP contribution is -2.23. The van der Waals surface area contributed by atoms with Crippen molar-refractivity contribution < 1.29 is 9.53 Å². The maximum absolute atomic E-state index is 12.2. The molecule has 0 aliphatic carbocycles. The highest BCUT2D eigenvalue weighted by atomic mass is 16.5. The molecule has 0 radical (unpaired) electrons. The maximum Gasteiger partial charge on any atom is 0.255 e. The van der Waals surface area contributed by atoms with Crippen LogP contribution in [0.3, 0.4) is 0 Å². The fourth-order valence-corrected chi connectivity index (χ4v) is 1.92. The number of carbonyl (C=O) groups excluding carboxylic acids is 1. The number of benzene rings is 1. The van der Waals surface area contributed by atoms with Gasteiger partial charge in [-0.1, -0.05) is 12.1 Å². The van der Waals surface area contributed by atoms with E-state index in [0.717, 1.165) is 11.4 Å². The molecule has 1 amide bonds. The Morgan fingerprint density at radius 2 is 2.15 bits per heavy atom. The largest absolute Gasteiger partial charge is 0.493 e. The van der Waals surface area contributed by atoms with Gasteiger partial charge in [-0.3, -0.25) is 9.48 Å². The van der Waals surface area contributed by atoms with Crippen LogP contribution in [-0.2, 0) is 13.6 Å². The third-order valence-electron chi connectivity index (χ3n) is 3.03. The van der Waals surface area contributed by atoms with Gasteiger partial charge < -0.3 is 10.1 Å². The van der Waals surface area contributed by atoms with Gasteiger partial charge in [0.2, 0.25) is 0 Å². The number of para-hydroxylation sites is 1. The van der Waals surface area contributed by atoms with Crippen LogP contribution in [-0.4, -0.2) is 22.3 Å². The van der Waals surface area contributed by atoms with Crippen molar-refractivity contribution in [2.24, 2.45) is 7.05 Å². The predicted octanol–water partition coefficient (Wildman–Crippen LogP) is 2.06. The van der Waals surface area contributed by atoms with Gasteiger partial charge in [0, 0.05) is 12.7 Å². The van der Waals surface area contributed by atoms with E-state index in [2.05, 4.69) is 10.4 Å². The lowest BCUT2D eigenvalue weighted by molar-refractivity contribution is 0.0946. The molecule has 106 valence electrons. The van der Waals surface area contributed by atoms with Crippen molar-refractivity contribution in [1.82, 2.24) is 15.1 Å². The molecule has 1 aromatic carbocycles. The summed E-state index contributed by atoms with van der Waals surface area (Å²) >= 11 is 0. The number of carbonyl (C=O) groups is 1. The molecule has 0 saturated heterocycles. The van der Waals surface area contributed by atoms with Crippen LogP contribution in [0.15, 0.2) is 30.3 Å². The number of nitrogens with one attached hydrogen (secondary N) is 1. The number of rotatable bonds is 5. The van der Waals surface area contributed by atoms with Crippen molar-refractivity contribution in [3.63, 3.8) is 0 Å². The Bertz CT molecular complexity index is 585. The van der Waals surface area contributed by atoms with Gasteiger partial charge in [-0.05, 0) is 32.0 Å². The fourth-order valence-electron chi connectivity index (χ4n) is 1.92. The summed E-state index contributed by atoms with van der Waals surface area (Å²) in [4.78, 5) is 12.2. The van der Waals surface area contributed by atoms with Gasteiger partial charge in [-0.2, -0.15) is 5.10 Å². The quantitative estimate of drug-likeness (QED) is 0.907. The van der Waals surface area contributed by atoms with Crippen LogP contribution in [0.4, 0.5) is 0 Å². The van der Waals surface area contributed by atoms with E-state index in [4.69, 9.17) is 4.74 Å². The molecule has 0 saturated carbocycles. The van der Waals surface area contributed by atoms with Gasteiger partial charge in [0.25, 0.3) is 5.91 Å². The van der Waals surface area contributed by atoms with E-state index < -0.39 is 0 Å². The standard InChI is InChI=1S/C15H19N3O2/c1-4-20-14-8-6-5-7-13(14)15(19)16-10-12-9-11(2)18(3)17-12/h5-9H,4,10H2,1-3H3,(H,16,19). The maximum atomic E-state index is 12.2. The number of hydrogen-bond donors (Lipinski definition) is 1. The van der Waals surface area contributed by atoms with E-state index in [1.165, 1.54) is 0 Å². The van der Waals surface area contributed by atoms with Crippen LogP contribution in [0.5, 0.6) is 5.75 Å². The minimum atomic E-state index is -0.155. The average molecular weight is 273 g/mol. The molecule has 0 unspecified atom stereocenters. The summed E-state index contributed by atoms with van der Waals surface area (Å²) in [5, 5.41) is 7.17. The summed E-state index contributed by atoms with van der Waals surface area (Å²) in [5.41, 5.74) is 2.44. The summed E-state index contributed by atoms with van der Waals surface area (Å²) in [6.07, 6.45) is 0. The number of aryl methyl sites for hydroxylation is 2. The highest BCUT2D eigenvalue weighted by molar-refractivity contribution is 5.96. The molecule has 5 heteroatoms. The summed E-state index contributed by atoms with van der Waals surface area (Å²) in [6, 6.07) is 9.17. The first-order valence-corrected chi connectivity index (χ1v) is 6.61. The summed E-state index contributed by atoms with van der Waals surface area (Å²) in [5.74, 6) is 0.446. The second kappa shape index (κ2) is 6.23. The SMILES string of the molecule is CCOc1ccccc1C(=O)NCc1cc(C)n(C)n1. The van der Waals surface area contributed by atoms with Gasteiger partial charge >= 0.3 is 0 Å². The van der Waals surface area contributed by atoms with Crippen molar-refractivity contribution in [2.45, 2.75) is 20.4 Å². The molecule has 20 heavy (non-hydrogen) atoms. The second-order valence-electron chi connectivity index (χ2n) is 4.51. The Labute approximate surface area is 118 Å². The number of nitrogens with zero attached hydrogens (tertiary/aromatic N) is 2. The Morgan fingerprint density at radius 1 is 1.40 bits per heavy atom. The van der Waals surface area contributed by atoms with Crippen LogP contribution >= 0.6 is 0 Å². The number of aromatic nitrogens is 2. The second-order valence-corrected chi connectivity index (χ2v) is 4.51. The Kier molecular flexibility index (Phi) is 4.40. The zero-order valence-electron chi connectivity index (χ0n) is 12.0. The van der Waals surface area contributed by atoms with Crippen molar-refractivity contribution in [2.75, 3.05) is 6.61 Å². The first kappa shape index (κ1) is 14.1. The van der Waals surface area contributed by atoms with Crippen LogP contribution < -0.4 is 10.1 Å². The monoisotopic (exact) mass is 273 g/mol. The molecule has 5 nitrogen and oxygen atoms in total. The van der Waals surface area contributed by atoms with Crippen LogP contribution in [0.2, 0.25) is 0 Å². The molecule has 0 atom stereocenters. The molecule has 2 aromatic rings. The smallest absolute Gasteiger partial charge is 0.255 e. The molecule has 0 fully saturated rings. The number of amides is 1. The van der Waals surface area contributed by atoms with E-state index in [1.807, 2.05) is 39.1 Å². The summed E-state index contributed by atoms with van der Waals surface area (Å²) in [7, 11) is 1.88. The first-order valence-electron chi connectivity index (χ1n) is 6.61. The normalized spacial score (nSPS) is 10.3. The Balaban J connectivity index is 2.05. The van der Waals surface area contributed by atoms with Crippen LogP contribution in [0.25, 0.3) is 0 Å². The highest BCUT2D eigenvalue weighted by Gasteiger charge is 2.12. The fraction of sp³-hybridized carbons (Fsp3) is 0.333. The molecule has 1 N–H and O–H groups in total. The van der Waals surface area contributed by atoms with Crippen molar-refractivity contribution in [1.29, 1.82) is 0 Å².